The van der Waals surface area contributed by atoms with E-state index in [-0.39, 0.29) is 0 Å². The molecular weight excluding hydrogens is 344 g/mol. The lowest BCUT2D eigenvalue weighted by Gasteiger charge is -2.18. The second-order valence-corrected chi connectivity index (χ2v) is 6.46. The standard InChI is InChI=1S/C16H20N4O4S/c1-10-6-4-5-7-11(10)12(17-16(23)24-3)13(21)14(22)18-19-15-20(2)8-9-25-15/h4-7,12H,8-9H2,1-3H3,(H,17,23)(H,18,22)/b19-15-. The van der Waals surface area contributed by atoms with Crippen LogP contribution in [0.15, 0.2) is 29.4 Å². The summed E-state index contributed by atoms with van der Waals surface area (Å²) in [5, 5.41) is 7.00. The first-order valence-corrected chi connectivity index (χ1v) is 8.58. The maximum atomic E-state index is 12.6. The molecule has 1 aliphatic heterocycles. The van der Waals surface area contributed by atoms with Crippen molar-refractivity contribution in [2.75, 3.05) is 26.5 Å². The molecule has 0 bridgehead atoms. The van der Waals surface area contributed by atoms with Gasteiger partial charge in [0.15, 0.2) is 5.17 Å². The third-order valence-electron chi connectivity index (χ3n) is 3.67. The molecule has 0 aromatic heterocycles. The predicted octanol–water partition coefficient (Wildman–Crippen LogP) is 1.03. The number of amidine groups is 1. The molecule has 1 aromatic carbocycles. The van der Waals surface area contributed by atoms with Gasteiger partial charge in [-0.05, 0) is 18.1 Å². The Morgan fingerprint density at radius 3 is 2.64 bits per heavy atom. The van der Waals surface area contributed by atoms with Gasteiger partial charge in [0.1, 0.15) is 6.04 Å². The first-order valence-electron chi connectivity index (χ1n) is 7.60. The number of hydrogen-bond donors (Lipinski definition) is 2. The lowest BCUT2D eigenvalue weighted by atomic mass is 9.98. The average Bonchev–Trinajstić information content (AvgIpc) is 3.02. The molecule has 1 saturated heterocycles. The van der Waals surface area contributed by atoms with Crippen molar-refractivity contribution < 1.29 is 19.1 Å². The Morgan fingerprint density at radius 1 is 1.32 bits per heavy atom. The fourth-order valence-electron chi connectivity index (χ4n) is 2.25. The maximum Gasteiger partial charge on any atom is 0.407 e. The minimum atomic E-state index is -1.15. The van der Waals surface area contributed by atoms with Crippen LogP contribution in [0.2, 0.25) is 0 Å². The fourth-order valence-corrected chi connectivity index (χ4v) is 3.22. The Morgan fingerprint density at radius 2 is 2.04 bits per heavy atom. The van der Waals surface area contributed by atoms with Gasteiger partial charge >= 0.3 is 12.0 Å². The van der Waals surface area contributed by atoms with Crippen LogP contribution in [-0.2, 0) is 14.3 Å². The van der Waals surface area contributed by atoms with E-state index in [1.807, 2.05) is 11.9 Å². The van der Waals surface area contributed by atoms with E-state index >= 15 is 0 Å². The molecule has 2 N–H and O–H groups in total. The third kappa shape index (κ3) is 4.72. The highest BCUT2D eigenvalue weighted by Gasteiger charge is 2.30. The second-order valence-electron chi connectivity index (χ2n) is 5.40. The number of hydrazone groups is 1. The van der Waals surface area contributed by atoms with Crippen molar-refractivity contribution in [3.05, 3.63) is 35.4 Å². The number of nitrogens with one attached hydrogen (secondary N) is 2. The van der Waals surface area contributed by atoms with Crippen LogP contribution in [0.3, 0.4) is 0 Å². The van der Waals surface area contributed by atoms with Crippen molar-refractivity contribution in [1.82, 2.24) is 15.6 Å². The Bertz CT molecular complexity index is 707. The number of benzene rings is 1. The zero-order valence-corrected chi connectivity index (χ0v) is 15.1. The van der Waals surface area contributed by atoms with E-state index in [0.29, 0.717) is 10.7 Å². The SMILES string of the molecule is COC(=O)NC(C(=O)C(=O)N/N=C1\SCCN1C)c1ccccc1C. The molecule has 0 spiro atoms. The number of thioether (sulfide) groups is 1. The zero-order chi connectivity index (χ0) is 18.4. The number of aryl methyl sites for hydroxylation is 1. The number of amides is 2. The lowest BCUT2D eigenvalue weighted by molar-refractivity contribution is -0.139. The zero-order valence-electron chi connectivity index (χ0n) is 14.2. The van der Waals surface area contributed by atoms with Crippen molar-refractivity contribution >= 4 is 34.7 Å². The summed E-state index contributed by atoms with van der Waals surface area (Å²) in [5.74, 6) is -0.859. The summed E-state index contributed by atoms with van der Waals surface area (Å²) in [6, 6.07) is 5.84. The Balaban J connectivity index is 2.18. The molecule has 134 valence electrons. The van der Waals surface area contributed by atoms with Gasteiger partial charge in [0.2, 0.25) is 5.78 Å². The van der Waals surface area contributed by atoms with E-state index in [9.17, 15) is 14.4 Å². The fraction of sp³-hybridized carbons (Fsp3) is 0.375. The molecule has 1 atom stereocenters. The Hall–Kier alpha value is -2.55. The number of alkyl carbamates (subject to hydrolysis) is 1. The number of carbonyl (C=O) groups excluding carboxylic acids is 3. The average molecular weight is 364 g/mol. The highest BCUT2D eigenvalue weighted by Crippen LogP contribution is 2.19. The van der Waals surface area contributed by atoms with Gasteiger partial charge in [-0.15, -0.1) is 5.10 Å². The summed E-state index contributed by atoms with van der Waals surface area (Å²) in [6.45, 7) is 2.61. The number of methoxy groups -OCH3 is 1. The molecule has 0 radical (unpaired) electrons. The topological polar surface area (TPSA) is 100 Å². The summed E-state index contributed by atoms with van der Waals surface area (Å²) in [4.78, 5) is 38.2. The number of nitrogens with zero attached hydrogens (tertiary/aromatic N) is 2. The molecule has 1 aliphatic rings. The van der Waals surface area contributed by atoms with Crippen molar-refractivity contribution in [1.29, 1.82) is 0 Å². The Labute approximate surface area is 150 Å². The quantitative estimate of drug-likeness (QED) is 0.598. The highest BCUT2D eigenvalue weighted by molar-refractivity contribution is 8.14. The van der Waals surface area contributed by atoms with Crippen LogP contribution in [0.4, 0.5) is 4.79 Å². The molecule has 1 heterocycles. The van der Waals surface area contributed by atoms with E-state index in [1.165, 1.54) is 18.9 Å². The number of carbonyl (C=O) groups is 3. The molecule has 2 rings (SSSR count). The van der Waals surface area contributed by atoms with Crippen LogP contribution in [0, 0.1) is 6.92 Å². The van der Waals surface area contributed by atoms with Crippen LogP contribution in [-0.4, -0.2) is 54.3 Å². The summed E-state index contributed by atoms with van der Waals surface area (Å²) in [5.41, 5.74) is 3.55. The number of Topliss-reactive ketones (excluding diaryl/α,β-unsaturated/α-hetero) is 1. The van der Waals surface area contributed by atoms with Gasteiger partial charge in [0, 0.05) is 19.3 Å². The monoisotopic (exact) mass is 364 g/mol. The van der Waals surface area contributed by atoms with Gasteiger partial charge < -0.3 is 15.0 Å². The molecule has 1 aromatic rings. The molecule has 0 saturated carbocycles. The normalized spacial score (nSPS) is 16.4. The molecular formula is C16H20N4O4S. The minimum Gasteiger partial charge on any atom is -0.453 e. The van der Waals surface area contributed by atoms with Crippen LogP contribution in [0.1, 0.15) is 17.2 Å². The molecule has 2 amide bonds. The summed E-state index contributed by atoms with van der Waals surface area (Å²) < 4.78 is 4.56. The van der Waals surface area contributed by atoms with Gasteiger partial charge in [-0.3, -0.25) is 9.59 Å². The molecule has 8 nitrogen and oxygen atoms in total. The van der Waals surface area contributed by atoms with Gasteiger partial charge in [-0.25, -0.2) is 10.2 Å². The van der Waals surface area contributed by atoms with E-state index in [4.69, 9.17) is 0 Å². The van der Waals surface area contributed by atoms with E-state index < -0.39 is 23.8 Å². The summed E-state index contributed by atoms with van der Waals surface area (Å²) >= 11 is 1.49. The van der Waals surface area contributed by atoms with Gasteiger partial charge in [0.05, 0.1) is 7.11 Å². The maximum absolute atomic E-state index is 12.6. The number of ketones is 1. The van der Waals surface area contributed by atoms with Crippen molar-refractivity contribution in [2.24, 2.45) is 5.10 Å². The van der Waals surface area contributed by atoms with Gasteiger partial charge in [0.25, 0.3) is 0 Å². The molecule has 25 heavy (non-hydrogen) atoms. The number of rotatable bonds is 5. The third-order valence-corrected chi connectivity index (χ3v) is 4.72. The van der Waals surface area contributed by atoms with Crippen LogP contribution in [0.25, 0.3) is 0 Å². The van der Waals surface area contributed by atoms with E-state index in [2.05, 4.69) is 20.6 Å². The number of hydrogen-bond acceptors (Lipinski definition) is 6. The summed E-state index contributed by atoms with van der Waals surface area (Å²) in [7, 11) is 3.04. The first-order chi connectivity index (χ1) is 11.9. The van der Waals surface area contributed by atoms with Crippen molar-refractivity contribution in [2.45, 2.75) is 13.0 Å². The molecule has 1 fully saturated rings. The van der Waals surface area contributed by atoms with Gasteiger partial charge in [-0.1, -0.05) is 36.0 Å². The lowest BCUT2D eigenvalue weighted by Crippen LogP contribution is -2.41. The van der Waals surface area contributed by atoms with Crippen molar-refractivity contribution in [3.63, 3.8) is 0 Å². The van der Waals surface area contributed by atoms with Crippen LogP contribution in [0.5, 0.6) is 0 Å². The van der Waals surface area contributed by atoms with E-state index in [1.54, 1.807) is 31.2 Å². The largest absolute Gasteiger partial charge is 0.453 e. The first kappa shape index (κ1) is 18.8. The van der Waals surface area contributed by atoms with Crippen LogP contribution < -0.4 is 10.7 Å². The smallest absolute Gasteiger partial charge is 0.407 e. The molecule has 1 unspecified atom stereocenters. The van der Waals surface area contributed by atoms with Crippen molar-refractivity contribution in [3.8, 4) is 0 Å². The molecule has 0 aliphatic carbocycles. The van der Waals surface area contributed by atoms with Crippen LogP contribution >= 0.6 is 11.8 Å². The Kier molecular flexibility index (Phi) is 6.40. The summed E-state index contributed by atoms with van der Waals surface area (Å²) in [6.07, 6.45) is -0.799. The highest BCUT2D eigenvalue weighted by atomic mass is 32.2. The molecule has 9 heteroatoms. The second kappa shape index (κ2) is 8.52. The predicted molar refractivity (Wildman–Crippen MR) is 95.1 cm³/mol. The number of ether oxygens (including phenoxy) is 1. The minimum absolute atomic E-state index is 0.521. The van der Waals surface area contributed by atoms with Gasteiger partial charge in [-0.2, -0.15) is 0 Å². The van der Waals surface area contributed by atoms with E-state index in [0.717, 1.165) is 17.9 Å².